The van der Waals surface area contributed by atoms with Crippen LogP contribution in [0.5, 0.6) is 5.75 Å². The summed E-state index contributed by atoms with van der Waals surface area (Å²) in [4.78, 5) is 15.6. The minimum atomic E-state index is -0.581. The lowest BCUT2D eigenvalue weighted by molar-refractivity contribution is 0.215. The van der Waals surface area contributed by atoms with Crippen LogP contribution in [-0.2, 0) is 0 Å². The van der Waals surface area contributed by atoms with Gasteiger partial charge in [0.15, 0.2) is 0 Å². The van der Waals surface area contributed by atoms with Crippen LogP contribution >= 0.6 is 11.6 Å². The van der Waals surface area contributed by atoms with Gasteiger partial charge in [0, 0.05) is 0 Å². The number of aromatic nitrogens is 1. The number of nitrogens with zero attached hydrogens (tertiary/aromatic N) is 1. The van der Waals surface area contributed by atoms with Gasteiger partial charge < -0.3 is 4.74 Å². The second-order valence-corrected chi connectivity index (χ2v) is 4.03. The second-order valence-electron chi connectivity index (χ2n) is 3.62. The van der Waals surface area contributed by atoms with E-state index in [1.165, 1.54) is 6.20 Å². The zero-order chi connectivity index (χ0) is 13.0. The van der Waals surface area contributed by atoms with Gasteiger partial charge in [-0.05, 0) is 25.1 Å². The maximum absolute atomic E-state index is 11.6. The first kappa shape index (κ1) is 12.4. The Morgan fingerprint density at radius 2 is 2.06 bits per heavy atom. The maximum Gasteiger partial charge on any atom is 0.417 e. The van der Waals surface area contributed by atoms with Gasteiger partial charge in [0.05, 0.1) is 22.6 Å². The molecule has 1 aromatic carbocycles. The van der Waals surface area contributed by atoms with Crippen molar-refractivity contribution in [3.8, 4) is 5.75 Å². The SMILES string of the molecule is Cc1ncc(NC(=O)Oc2ccccc2)cc1Cl. The number of ether oxygens (including phenoxy) is 1. The van der Waals surface area contributed by atoms with Gasteiger partial charge >= 0.3 is 6.09 Å². The highest BCUT2D eigenvalue weighted by atomic mass is 35.5. The van der Waals surface area contributed by atoms with Crippen LogP contribution < -0.4 is 10.1 Å². The predicted molar refractivity (Wildman–Crippen MR) is 70.1 cm³/mol. The van der Waals surface area contributed by atoms with Gasteiger partial charge in [-0.15, -0.1) is 0 Å². The van der Waals surface area contributed by atoms with Crippen LogP contribution in [0.1, 0.15) is 5.69 Å². The number of amides is 1. The summed E-state index contributed by atoms with van der Waals surface area (Å²) in [5.41, 5.74) is 1.20. The number of anilines is 1. The standard InChI is InChI=1S/C13H11ClN2O2/c1-9-12(14)7-10(8-15-9)16-13(17)18-11-5-3-2-4-6-11/h2-8H,1H3,(H,16,17). The van der Waals surface area contributed by atoms with E-state index in [4.69, 9.17) is 16.3 Å². The molecule has 1 N–H and O–H groups in total. The minimum absolute atomic E-state index is 0.473. The van der Waals surface area contributed by atoms with Crippen molar-refractivity contribution in [1.29, 1.82) is 0 Å². The molecule has 18 heavy (non-hydrogen) atoms. The van der Waals surface area contributed by atoms with E-state index in [1.54, 1.807) is 37.3 Å². The highest BCUT2D eigenvalue weighted by Crippen LogP contribution is 2.18. The summed E-state index contributed by atoms with van der Waals surface area (Å²) in [7, 11) is 0. The molecule has 1 heterocycles. The number of carbonyl (C=O) groups excluding carboxylic acids is 1. The summed E-state index contributed by atoms with van der Waals surface area (Å²) in [5, 5.41) is 3.04. The van der Waals surface area contributed by atoms with Gasteiger partial charge in [-0.3, -0.25) is 10.3 Å². The number of halogens is 1. The largest absolute Gasteiger partial charge is 0.417 e. The topological polar surface area (TPSA) is 51.2 Å². The molecule has 0 spiro atoms. The Morgan fingerprint density at radius 1 is 1.33 bits per heavy atom. The number of pyridine rings is 1. The van der Waals surface area contributed by atoms with Crippen molar-refractivity contribution < 1.29 is 9.53 Å². The summed E-state index contributed by atoms with van der Waals surface area (Å²) in [6, 6.07) is 10.4. The fourth-order valence-corrected chi connectivity index (χ4v) is 1.48. The van der Waals surface area contributed by atoms with E-state index >= 15 is 0 Å². The number of hydrogen-bond donors (Lipinski definition) is 1. The van der Waals surface area contributed by atoms with Crippen LogP contribution in [0.3, 0.4) is 0 Å². The van der Waals surface area contributed by atoms with Crippen molar-refractivity contribution in [1.82, 2.24) is 4.98 Å². The third-order valence-electron chi connectivity index (χ3n) is 2.23. The molecule has 0 aliphatic carbocycles. The third kappa shape index (κ3) is 3.21. The van der Waals surface area contributed by atoms with E-state index in [0.717, 1.165) is 0 Å². The average Bonchev–Trinajstić information content (AvgIpc) is 2.35. The number of benzene rings is 1. The molecule has 0 aliphatic rings. The van der Waals surface area contributed by atoms with Crippen molar-refractivity contribution in [2.75, 3.05) is 5.32 Å². The molecular formula is C13H11ClN2O2. The Labute approximate surface area is 110 Å². The fraction of sp³-hybridized carbons (Fsp3) is 0.0769. The molecule has 0 fully saturated rings. The summed E-state index contributed by atoms with van der Waals surface area (Å²) < 4.78 is 5.07. The molecule has 2 aromatic rings. The first-order valence-electron chi connectivity index (χ1n) is 5.31. The molecule has 5 heteroatoms. The zero-order valence-corrected chi connectivity index (χ0v) is 10.4. The Hall–Kier alpha value is -2.07. The maximum atomic E-state index is 11.6. The minimum Gasteiger partial charge on any atom is -0.410 e. The van der Waals surface area contributed by atoms with Crippen LogP contribution in [0.4, 0.5) is 10.5 Å². The van der Waals surface area contributed by atoms with E-state index in [0.29, 0.717) is 22.2 Å². The van der Waals surface area contributed by atoms with Crippen molar-refractivity contribution >= 4 is 23.4 Å². The van der Waals surface area contributed by atoms with Gasteiger partial charge in [0.1, 0.15) is 5.75 Å². The lowest BCUT2D eigenvalue weighted by atomic mass is 10.3. The molecule has 1 aromatic heterocycles. The molecule has 0 saturated heterocycles. The molecule has 0 radical (unpaired) electrons. The average molecular weight is 263 g/mol. The molecule has 0 saturated carbocycles. The lowest BCUT2D eigenvalue weighted by Gasteiger charge is -2.07. The van der Waals surface area contributed by atoms with Gasteiger partial charge in [0.2, 0.25) is 0 Å². The number of aryl methyl sites for hydroxylation is 1. The van der Waals surface area contributed by atoms with Crippen molar-refractivity contribution in [3.63, 3.8) is 0 Å². The third-order valence-corrected chi connectivity index (χ3v) is 2.61. The normalized spacial score (nSPS) is 9.89. The number of rotatable bonds is 2. The quantitative estimate of drug-likeness (QED) is 0.899. The van der Waals surface area contributed by atoms with Crippen LogP contribution in [0.15, 0.2) is 42.6 Å². The van der Waals surface area contributed by atoms with E-state index in [2.05, 4.69) is 10.3 Å². The highest BCUT2D eigenvalue weighted by molar-refractivity contribution is 6.31. The second kappa shape index (κ2) is 5.51. The predicted octanol–water partition coefficient (Wildman–Crippen LogP) is 3.65. The van der Waals surface area contributed by atoms with E-state index in [1.807, 2.05) is 6.07 Å². The number of hydrogen-bond acceptors (Lipinski definition) is 3. The van der Waals surface area contributed by atoms with Crippen LogP contribution in [0.2, 0.25) is 5.02 Å². The van der Waals surface area contributed by atoms with E-state index in [9.17, 15) is 4.79 Å². The van der Waals surface area contributed by atoms with Crippen LogP contribution in [0.25, 0.3) is 0 Å². The summed E-state index contributed by atoms with van der Waals surface area (Å²) in [6.07, 6.45) is 0.941. The van der Waals surface area contributed by atoms with Crippen molar-refractivity contribution in [2.24, 2.45) is 0 Å². The lowest BCUT2D eigenvalue weighted by Crippen LogP contribution is -2.16. The Bertz CT molecular complexity index is 558. The number of nitrogens with one attached hydrogen (secondary N) is 1. The van der Waals surface area contributed by atoms with Crippen molar-refractivity contribution in [2.45, 2.75) is 6.92 Å². The number of para-hydroxylation sites is 1. The Kier molecular flexibility index (Phi) is 3.79. The van der Waals surface area contributed by atoms with E-state index < -0.39 is 6.09 Å². The first-order chi connectivity index (χ1) is 8.65. The van der Waals surface area contributed by atoms with E-state index in [-0.39, 0.29) is 0 Å². The summed E-state index contributed by atoms with van der Waals surface area (Å²) in [5.74, 6) is 0.473. The van der Waals surface area contributed by atoms with Gasteiger partial charge in [-0.1, -0.05) is 29.8 Å². The smallest absolute Gasteiger partial charge is 0.410 e. The highest BCUT2D eigenvalue weighted by Gasteiger charge is 2.06. The monoisotopic (exact) mass is 262 g/mol. The molecule has 0 unspecified atom stereocenters. The Morgan fingerprint density at radius 3 is 2.72 bits per heavy atom. The number of carbonyl (C=O) groups is 1. The molecule has 4 nitrogen and oxygen atoms in total. The van der Waals surface area contributed by atoms with Crippen LogP contribution in [0, 0.1) is 6.92 Å². The zero-order valence-electron chi connectivity index (χ0n) is 9.68. The molecule has 92 valence electrons. The van der Waals surface area contributed by atoms with Crippen LogP contribution in [-0.4, -0.2) is 11.1 Å². The molecule has 0 atom stereocenters. The molecule has 1 amide bonds. The summed E-state index contributed by atoms with van der Waals surface area (Å²) in [6.45, 7) is 1.79. The fourth-order valence-electron chi connectivity index (χ4n) is 1.31. The Balaban J connectivity index is 2.01. The van der Waals surface area contributed by atoms with Crippen molar-refractivity contribution in [3.05, 3.63) is 53.3 Å². The molecular weight excluding hydrogens is 252 g/mol. The molecule has 2 rings (SSSR count). The van der Waals surface area contributed by atoms with Gasteiger partial charge in [0.25, 0.3) is 0 Å². The molecule has 0 aliphatic heterocycles. The first-order valence-corrected chi connectivity index (χ1v) is 5.69. The van der Waals surface area contributed by atoms with Gasteiger partial charge in [-0.25, -0.2) is 4.79 Å². The molecule has 0 bridgehead atoms. The summed E-state index contributed by atoms with van der Waals surface area (Å²) >= 11 is 5.90. The van der Waals surface area contributed by atoms with Gasteiger partial charge in [-0.2, -0.15) is 0 Å².